The molecule has 3 rings (SSSR count). The highest BCUT2D eigenvalue weighted by Crippen LogP contribution is 2.24. The van der Waals surface area contributed by atoms with Crippen LogP contribution in [0.2, 0.25) is 0 Å². The Morgan fingerprint density at radius 2 is 1.83 bits per heavy atom. The van der Waals surface area contributed by atoms with E-state index in [1.807, 2.05) is 30.7 Å². The summed E-state index contributed by atoms with van der Waals surface area (Å²) in [5.74, 6) is 0.942. The van der Waals surface area contributed by atoms with Crippen LogP contribution in [0.1, 0.15) is 11.1 Å². The SMILES string of the molecule is Cc1cccc(C)c1-n1ccnc1-c1ccc[nH]1. The van der Waals surface area contributed by atoms with Gasteiger partial charge in [0.15, 0.2) is 5.82 Å². The largest absolute Gasteiger partial charge is 0.359 e. The number of imidazole rings is 1. The van der Waals surface area contributed by atoms with Gasteiger partial charge in [-0.15, -0.1) is 0 Å². The Kier molecular flexibility index (Phi) is 2.52. The highest BCUT2D eigenvalue weighted by atomic mass is 15.1. The number of hydrogen-bond acceptors (Lipinski definition) is 1. The van der Waals surface area contributed by atoms with Crippen LogP contribution in [0, 0.1) is 13.8 Å². The molecule has 0 saturated heterocycles. The molecular formula is C15H15N3. The average molecular weight is 237 g/mol. The summed E-state index contributed by atoms with van der Waals surface area (Å²) >= 11 is 0. The van der Waals surface area contributed by atoms with Crippen molar-refractivity contribution in [3.63, 3.8) is 0 Å². The van der Waals surface area contributed by atoms with Crippen molar-refractivity contribution in [3.8, 4) is 17.2 Å². The molecule has 3 nitrogen and oxygen atoms in total. The number of H-pyrrole nitrogens is 1. The standard InChI is InChI=1S/C15H15N3/c1-11-5-3-6-12(2)14(11)18-10-9-17-15(18)13-7-4-8-16-13/h3-10,16H,1-2H3. The van der Waals surface area contributed by atoms with Gasteiger partial charge in [-0.3, -0.25) is 4.57 Å². The molecule has 0 fully saturated rings. The van der Waals surface area contributed by atoms with Crippen LogP contribution < -0.4 is 0 Å². The normalized spacial score (nSPS) is 10.8. The second-order valence-corrected chi connectivity index (χ2v) is 4.45. The number of para-hydroxylation sites is 1. The lowest BCUT2D eigenvalue weighted by atomic mass is 10.1. The smallest absolute Gasteiger partial charge is 0.161 e. The fraction of sp³-hybridized carbons (Fsp3) is 0.133. The lowest BCUT2D eigenvalue weighted by Gasteiger charge is -2.13. The number of aryl methyl sites for hydroxylation is 2. The van der Waals surface area contributed by atoms with Gasteiger partial charge < -0.3 is 4.98 Å². The molecule has 0 radical (unpaired) electrons. The topological polar surface area (TPSA) is 33.6 Å². The molecule has 1 aromatic carbocycles. The highest BCUT2D eigenvalue weighted by molar-refractivity contribution is 5.58. The minimum absolute atomic E-state index is 0.942. The maximum Gasteiger partial charge on any atom is 0.161 e. The molecule has 0 aliphatic rings. The number of benzene rings is 1. The summed E-state index contributed by atoms with van der Waals surface area (Å²) in [7, 11) is 0. The number of hydrogen-bond donors (Lipinski definition) is 1. The molecule has 1 N–H and O–H groups in total. The third-order valence-electron chi connectivity index (χ3n) is 3.16. The fourth-order valence-corrected chi connectivity index (χ4v) is 2.34. The average Bonchev–Trinajstić information content (AvgIpc) is 2.98. The number of rotatable bonds is 2. The van der Waals surface area contributed by atoms with E-state index in [0.29, 0.717) is 0 Å². The quantitative estimate of drug-likeness (QED) is 0.727. The maximum absolute atomic E-state index is 4.45. The Balaban J connectivity index is 2.22. The fourth-order valence-electron chi connectivity index (χ4n) is 2.34. The maximum atomic E-state index is 4.45. The van der Waals surface area contributed by atoms with E-state index in [0.717, 1.165) is 11.5 Å². The summed E-state index contributed by atoms with van der Waals surface area (Å²) in [5, 5.41) is 0. The third-order valence-corrected chi connectivity index (χ3v) is 3.16. The summed E-state index contributed by atoms with van der Waals surface area (Å²) in [6, 6.07) is 10.4. The molecule has 0 saturated carbocycles. The van der Waals surface area contributed by atoms with Gasteiger partial charge in [-0.25, -0.2) is 4.98 Å². The Hall–Kier alpha value is -2.29. The molecule has 0 bridgehead atoms. The molecule has 0 atom stereocenters. The Bertz CT molecular complexity index is 643. The molecule has 3 heteroatoms. The second kappa shape index (κ2) is 4.18. The minimum atomic E-state index is 0.942. The molecule has 0 aliphatic heterocycles. The van der Waals surface area contributed by atoms with Gasteiger partial charge in [-0.05, 0) is 37.1 Å². The van der Waals surface area contributed by atoms with Crippen molar-refractivity contribution in [1.29, 1.82) is 0 Å². The minimum Gasteiger partial charge on any atom is -0.359 e. The predicted octanol–water partition coefficient (Wildman–Crippen LogP) is 3.48. The molecule has 3 aromatic rings. The lowest BCUT2D eigenvalue weighted by molar-refractivity contribution is 1.02. The van der Waals surface area contributed by atoms with E-state index >= 15 is 0 Å². The molecule has 2 heterocycles. The molecule has 0 spiro atoms. The lowest BCUT2D eigenvalue weighted by Crippen LogP contribution is -2.01. The summed E-state index contributed by atoms with van der Waals surface area (Å²) in [5.41, 5.74) is 4.74. The van der Waals surface area contributed by atoms with Gasteiger partial charge >= 0.3 is 0 Å². The van der Waals surface area contributed by atoms with Gasteiger partial charge in [0.25, 0.3) is 0 Å². The van der Waals surface area contributed by atoms with Crippen LogP contribution in [0.15, 0.2) is 48.9 Å². The van der Waals surface area contributed by atoms with Crippen LogP contribution in [0.3, 0.4) is 0 Å². The van der Waals surface area contributed by atoms with Crippen LogP contribution >= 0.6 is 0 Å². The zero-order valence-electron chi connectivity index (χ0n) is 10.5. The first-order valence-electron chi connectivity index (χ1n) is 6.01. The first kappa shape index (κ1) is 10.8. The summed E-state index contributed by atoms with van der Waals surface area (Å²) < 4.78 is 2.14. The molecule has 90 valence electrons. The Labute approximate surface area is 106 Å². The van der Waals surface area contributed by atoms with E-state index < -0.39 is 0 Å². The molecule has 0 aliphatic carbocycles. The van der Waals surface area contributed by atoms with Gasteiger partial charge in [0.05, 0.1) is 11.4 Å². The van der Waals surface area contributed by atoms with Gasteiger partial charge in [0.2, 0.25) is 0 Å². The van der Waals surface area contributed by atoms with Crippen molar-refractivity contribution < 1.29 is 0 Å². The van der Waals surface area contributed by atoms with E-state index in [9.17, 15) is 0 Å². The van der Waals surface area contributed by atoms with Crippen molar-refractivity contribution in [2.75, 3.05) is 0 Å². The molecule has 18 heavy (non-hydrogen) atoms. The van der Waals surface area contributed by atoms with Crippen LogP contribution in [-0.2, 0) is 0 Å². The summed E-state index contributed by atoms with van der Waals surface area (Å²) in [4.78, 5) is 7.65. The number of aromatic amines is 1. The van der Waals surface area contributed by atoms with Crippen LogP contribution in [-0.4, -0.2) is 14.5 Å². The van der Waals surface area contributed by atoms with Gasteiger partial charge in [0.1, 0.15) is 0 Å². The Morgan fingerprint density at radius 3 is 2.50 bits per heavy atom. The number of aromatic nitrogens is 3. The predicted molar refractivity (Wildman–Crippen MR) is 72.8 cm³/mol. The first-order valence-corrected chi connectivity index (χ1v) is 6.01. The van der Waals surface area contributed by atoms with E-state index in [1.54, 1.807) is 0 Å². The van der Waals surface area contributed by atoms with E-state index in [2.05, 4.69) is 46.6 Å². The first-order chi connectivity index (χ1) is 8.77. The monoisotopic (exact) mass is 237 g/mol. The summed E-state index contributed by atoms with van der Waals surface area (Å²) in [6.45, 7) is 4.25. The molecule has 0 unspecified atom stereocenters. The number of nitrogens with one attached hydrogen (secondary N) is 1. The Morgan fingerprint density at radius 1 is 1.06 bits per heavy atom. The van der Waals surface area contributed by atoms with Crippen molar-refractivity contribution >= 4 is 0 Å². The second-order valence-electron chi connectivity index (χ2n) is 4.45. The molecule has 0 amide bonds. The van der Waals surface area contributed by atoms with E-state index in [1.165, 1.54) is 16.8 Å². The molecule has 2 aromatic heterocycles. The zero-order valence-corrected chi connectivity index (χ0v) is 10.5. The van der Waals surface area contributed by atoms with Crippen molar-refractivity contribution in [2.24, 2.45) is 0 Å². The highest BCUT2D eigenvalue weighted by Gasteiger charge is 2.11. The van der Waals surface area contributed by atoms with Gasteiger partial charge in [-0.1, -0.05) is 18.2 Å². The molecular weight excluding hydrogens is 222 g/mol. The van der Waals surface area contributed by atoms with Crippen LogP contribution in [0.4, 0.5) is 0 Å². The van der Waals surface area contributed by atoms with Gasteiger partial charge in [-0.2, -0.15) is 0 Å². The van der Waals surface area contributed by atoms with Crippen LogP contribution in [0.5, 0.6) is 0 Å². The zero-order chi connectivity index (χ0) is 12.5. The third kappa shape index (κ3) is 1.64. The van der Waals surface area contributed by atoms with Crippen LogP contribution in [0.25, 0.3) is 17.2 Å². The van der Waals surface area contributed by atoms with E-state index in [-0.39, 0.29) is 0 Å². The number of nitrogens with zero attached hydrogens (tertiary/aromatic N) is 2. The summed E-state index contributed by atoms with van der Waals surface area (Å²) in [6.07, 6.45) is 5.76. The van der Waals surface area contributed by atoms with Gasteiger partial charge in [0, 0.05) is 18.6 Å². The van der Waals surface area contributed by atoms with Crippen molar-refractivity contribution in [1.82, 2.24) is 14.5 Å². The van der Waals surface area contributed by atoms with Crippen molar-refractivity contribution in [2.45, 2.75) is 13.8 Å². The van der Waals surface area contributed by atoms with E-state index in [4.69, 9.17) is 0 Å². The van der Waals surface area contributed by atoms with Crippen molar-refractivity contribution in [3.05, 3.63) is 60.0 Å².